The van der Waals surface area contributed by atoms with Gasteiger partial charge in [-0.3, -0.25) is 9.89 Å². The van der Waals surface area contributed by atoms with Crippen LogP contribution in [0.4, 0.5) is 5.69 Å². The van der Waals surface area contributed by atoms with E-state index < -0.39 is 0 Å². The van der Waals surface area contributed by atoms with Gasteiger partial charge in [0.05, 0.1) is 16.9 Å². The fourth-order valence-electron chi connectivity index (χ4n) is 4.70. The smallest absolute Gasteiger partial charge is 0.274 e. The number of rotatable bonds is 2. The number of piperidine rings is 1. The molecule has 1 aromatic carbocycles. The molecular weight excluding hydrogens is 350 g/mol. The maximum absolute atomic E-state index is 13.0. The molecule has 144 valence electrons. The van der Waals surface area contributed by atoms with Gasteiger partial charge in [-0.05, 0) is 50.5 Å². The molecule has 1 amide bonds. The van der Waals surface area contributed by atoms with Crippen LogP contribution < -0.4 is 5.32 Å². The molecule has 2 N–H and O–H groups in total. The van der Waals surface area contributed by atoms with Gasteiger partial charge in [-0.1, -0.05) is 19.1 Å². The van der Waals surface area contributed by atoms with E-state index in [2.05, 4.69) is 69.6 Å². The minimum absolute atomic E-state index is 0.0369. The van der Waals surface area contributed by atoms with E-state index in [0.29, 0.717) is 18.8 Å². The summed E-state index contributed by atoms with van der Waals surface area (Å²) >= 11 is 0. The monoisotopic (exact) mass is 375 g/mol. The number of nitrogens with zero attached hydrogens (tertiary/aromatic N) is 3. The molecule has 5 rings (SSSR count). The summed E-state index contributed by atoms with van der Waals surface area (Å²) in [6, 6.07) is 12.7. The van der Waals surface area contributed by atoms with Gasteiger partial charge >= 0.3 is 0 Å². The SMILES string of the molecule is CCc1[nH]nc(C(=O)N2CCC3(CC2)Nc2ccccc2-n2cccc23)c1C. The molecule has 6 heteroatoms. The van der Waals surface area contributed by atoms with Crippen molar-refractivity contribution in [2.45, 2.75) is 38.6 Å². The third-order valence-electron chi connectivity index (χ3n) is 6.35. The summed E-state index contributed by atoms with van der Waals surface area (Å²) in [5.74, 6) is 0.0369. The van der Waals surface area contributed by atoms with Crippen molar-refractivity contribution in [3.8, 4) is 5.69 Å². The zero-order valence-corrected chi connectivity index (χ0v) is 16.3. The first-order chi connectivity index (χ1) is 13.6. The lowest BCUT2D eigenvalue weighted by atomic mass is 9.82. The average Bonchev–Trinajstić information content (AvgIpc) is 3.36. The number of H-pyrrole nitrogens is 1. The molecule has 1 saturated heterocycles. The lowest BCUT2D eigenvalue weighted by molar-refractivity contribution is 0.0669. The first-order valence-electron chi connectivity index (χ1n) is 10.0. The third-order valence-corrected chi connectivity index (χ3v) is 6.35. The Balaban J connectivity index is 1.40. The second kappa shape index (κ2) is 6.26. The summed E-state index contributed by atoms with van der Waals surface area (Å²) in [4.78, 5) is 15.0. The van der Waals surface area contributed by atoms with Gasteiger partial charge in [0.15, 0.2) is 5.69 Å². The molecule has 0 atom stereocenters. The molecular formula is C22H25N5O. The zero-order valence-electron chi connectivity index (χ0n) is 16.3. The number of carbonyl (C=O) groups is 1. The number of aromatic amines is 1. The molecule has 2 aromatic heterocycles. The Kier molecular flexibility index (Phi) is 3.82. The van der Waals surface area contributed by atoms with Gasteiger partial charge in [0, 0.05) is 36.2 Å². The number of aryl methyl sites for hydroxylation is 1. The second-order valence-electron chi connectivity index (χ2n) is 7.81. The van der Waals surface area contributed by atoms with E-state index in [9.17, 15) is 4.79 Å². The van der Waals surface area contributed by atoms with Crippen LogP contribution in [0.5, 0.6) is 0 Å². The summed E-state index contributed by atoms with van der Waals surface area (Å²) in [6.45, 7) is 5.48. The number of carbonyl (C=O) groups excluding carboxylic acids is 1. The molecule has 2 aliphatic rings. The molecule has 1 spiro atoms. The Morgan fingerprint density at radius 3 is 2.71 bits per heavy atom. The van der Waals surface area contributed by atoms with E-state index in [0.717, 1.165) is 36.2 Å². The first-order valence-corrected chi connectivity index (χ1v) is 10.0. The molecule has 3 aromatic rings. The number of fused-ring (bicyclic) bond motifs is 4. The fourth-order valence-corrected chi connectivity index (χ4v) is 4.70. The molecule has 6 nitrogen and oxygen atoms in total. The van der Waals surface area contributed by atoms with Crippen LogP contribution in [0.15, 0.2) is 42.6 Å². The van der Waals surface area contributed by atoms with Crippen molar-refractivity contribution >= 4 is 11.6 Å². The summed E-state index contributed by atoms with van der Waals surface area (Å²) in [6.07, 6.45) is 4.74. The fraction of sp³-hybridized carbons (Fsp3) is 0.364. The van der Waals surface area contributed by atoms with Gasteiger partial charge in [0.25, 0.3) is 5.91 Å². The first kappa shape index (κ1) is 17.1. The van der Waals surface area contributed by atoms with Crippen LogP contribution in [0.1, 0.15) is 47.2 Å². The summed E-state index contributed by atoms with van der Waals surface area (Å²) in [5, 5.41) is 11.1. The standard InChI is InChI=1S/C22H25N5O/c1-3-16-15(2)20(25-24-16)21(28)26-13-10-22(11-14-26)19-9-6-12-27(19)18-8-5-4-7-17(18)23-22/h4-9,12,23H,3,10-11,13-14H2,1-2H3,(H,24,25). The van der Waals surface area contributed by atoms with Crippen LogP contribution >= 0.6 is 0 Å². The highest BCUT2D eigenvalue weighted by molar-refractivity contribution is 5.94. The number of aromatic nitrogens is 3. The normalized spacial score (nSPS) is 17.1. The van der Waals surface area contributed by atoms with Crippen LogP contribution in [0, 0.1) is 6.92 Å². The quantitative estimate of drug-likeness (QED) is 0.719. The number of hydrogen-bond acceptors (Lipinski definition) is 3. The number of nitrogens with one attached hydrogen (secondary N) is 2. The number of anilines is 1. The molecule has 0 unspecified atom stereocenters. The number of para-hydroxylation sites is 2. The Labute approximate surface area is 164 Å². The Hall–Kier alpha value is -3.02. The average molecular weight is 375 g/mol. The van der Waals surface area contributed by atoms with Gasteiger partial charge in [-0.2, -0.15) is 5.10 Å². The van der Waals surface area contributed by atoms with Crippen molar-refractivity contribution in [3.05, 3.63) is 65.2 Å². The minimum Gasteiger partial charge on any atom is -0.372 e. The Morgan fingerprint density at radius 1 is 1.18 bits per heavy atom. The van der Waals surface area contributed by atoms with Crippen molar-refractivity contribution in [2.75, 3.05) is 18.4 Å². The summed E-state index contributed by atoms with van der Waals surface area (Å²) in [7, 11) is 0. The number of hydrogen-bond donors (Lipinski definition) is 2. The predicted octanol–water partition coefficient (Wildman–Crippen LogP) is 3.63. The molecule has 4 heterocycles. The van der Waals surface area contributed by atoms with Crippen molar-refractivity contribution in [1.29, 1.82) is 0 Å². The summed E-state index contributed by atoms with van der Waals surface area (Å²) in [5.41, 5.74) is 6.07. The molecule has 28 heavy (non-hydrogen) atoms. The summed E-state index contributed by atoms with van der Waals surface area (Å²) < 4.78 is 2.29. The third kappa shape index (κ3) is 2.40. The Morgan fingerprint density at radius 2 is 1.96 bits per heavy atom. The zero-order chi connectivity index (χ0) is 19.3. The van der Waals surface area contributed by atoms with E-state index in [1.807, 2.05) is 11.8 Å². The predicted molar refractivity (Wildman–Crippen MR) is 109 cm³/mol. The van der Waals surface area contributed by atoms with Crippen molar-refractivity contribution in [1.82, 2.24) is 19.7 Å². The highest BCUT2D eigenvalue weighted by Crippen LogP contribution is 2.43. The van der Waals surface area contributed by atoms with Gasteiger partial charge in [0.1, 0.15) is 0 Å². The molecule has 0 bridgehead atoms. The van der Waals surface area contributed by atoms with E-state index in [1.54, 1.807) is 0 Å². The van der Waals surface area contributed by atoms with Gasteiger partial charge in [0.2, 0.25) is 0 Å². The highest BCUT2D eigenvalue weighted by atomic mass is 16.2. The van der Waals surface area contributed by atoms with Gasteiger partial charge in [-0.25, -0.2) is 0 Å². The maximum Gasteiger partial charge on any atom is 0.274 e. The van der Waals surface area contributed by atoms with E-state index in [1.165, 1.54) is 11.4 Å². The molecule has 0 aliphatic carbocycles. The second-order valence-corrected chi connectivity index (χ2v) is 7.81. The van der Waals surface area contributed by atoms with E-state index in [4.69, 9.17) is 0 Å². The minimum atomic E-state index is -0.135. The van der Waals surface area contributed by atoms with Crippen molar-refractivity contribution in [3.63, 3.8) is 0 Å². The van der Waals surface area contributed by atoms with Crippen molar-refractivity contribution < 1.29 is 4.79 Å². The van der Waals surface area contributed by atoms with E-state index >= 15 is 0 Å². The van der Waals surface area contributed by atoms with E-state index in [-0.39, 0.29) is 11.4 Å². The van der Waals surface area contributed by atoms with Crippen LogP contribution in [0.3, 0.4) is 0 Å². The van der Waals surface area contributed by atoms with Crippen LogP contribution in [-0.2, 0) is 12.0 Å². The Bertz CT molecular complexity index is 1040. The lowest BCUT2D eigenvalue weighted by Gasteiger charge is -2.46. The van der Waals surface area contributed by atoms with Gasteiger partial charge in [-0.15, -0.1) is 0 Å². The largest absolute Gasteiger partial charge is 0.372 e. The van der Waals surface area contributed by atoms with Crippen molar-refractivity contribution in [2.24, 2.45) is 0 Å². The van der Waals surface area contributed by atoms with Crippen LogP contribution in [0.2, 0.25) is 0 Å². The molecule has 0 radical (unpaired) electrons. The molecule has 1 fully saturated rings. The van der Waals surface area contributed by atoms with Crippen LogP contribution in [-0.4, -0.2) is 38.7 Å². The number of benzene rings is 1. The lowest BCUT2D eigenvalue weighted by Crippen LogP contribution is -2.51. The van der Waals surface area contributed by atoms with Gasteiger partial charge < -0.3 is 14.8 Å². The van der Waals surface area contributed by atoms with Crippen LogP contribution in [0.25, 0.3) is 5.69 Å². The number of likely N-dealkylation sites (tertiary alicyclic amines) is 1. The maximum atomic E-state index is 13.0. The molecule has 2 aliphatic heterocycles. The number of amides is 1. The topological polar surface area (TPSA) is 66.0 Å². The molecule has 0 saturated carbocycles. The highest BCUT2D eigenvalue weighted by Gasteiger charge is 2.42.